The van der Waals surface area contributed by atoms with Gasteiger partial charge < -0.3 is 4.43 Å². The van der Waals surface area contributed by atoms with E-state index in [1.807, 2.05) is 18.2 Å². The summed E-state index contributed by atoms with van der Waals surface area (Å²) in [7, 11) is -0.649. The van der Waals surface area contributed by atoms with Crippen molar-refractivity contribution in [1.82, 2.24) is 0 Å². The Morgan fingerprint density at radius 2 is 1.45 bits per heavy atom. The van der Waals surface area contributed by atoms with Crippen molar-refractivity contribution in [3.8, 4) is 0 Å². The minimum atomic E-state index is -0.649. The fourth-order valence-corrected chi connectivity index (χ4v) is 2.94. The van der Waals surface area contributed by atoms with Crippen LogP contribution in [0.15, 0.2) is 61.2 Å². The first-order valence-electron chi connectivity index (χ1n) is 6.93. The Bertz CT molecular complexity index is 565. The van der Waals surface area contributed by atoms with Gasteiger partial charge in [-0.3, -0.25) is 0 Å². The molecule has 2 aromatic rings. The Morgan fingerprint density at radius 3 is 2.00 bits per heavy atom. The van der Waals surface area contributed by atoms with E-state index in [1.54, 1.807) is 0 Å². The normalized spacial score (nSPS) is 11.9. The second kappa shape index (κ2) is 6.20. The summed E-state index contributed by atoms with van der Waals surface area (Å²) in [6, 6.07) is 18.9. The van der Waals surface area contributed by atoms with E-state index >= 15 is 0 Å². The quantitative estimate of drug-likeness (QED) is 0.782. The van der Waals surface area contributed by atoms with Gasteiger partial charge in [-0.05, 0) is 42.7 Å². The third-order valence-electron chi connectivity index (χ3n) is 3.10. The van der Waals surface area contributed by atoms with Crippen molar-refractivity contribution >= 4 is 20.5 Å². The van der Waals surface area contributed by atoms with Crippen LogP contribution in [0.3, 0.4) is 0 Å². The summed E-state index contributed by atoms with van der Waals surface area (Å²) >= 11 is 0. The van der Waals surface area contributed by atoms with Gasteiger partial charge in [-0.25, -0.2) is 0 Å². The van der Waals surface area contributed by atoms with E-state index in [0.717, 1.165) is 5.57 Å². The molecule has 0 saturated heterocycles. The summed E-state index contributed by atoms with van der Waals surface area (Å²) in [5.74, 6) is 0. The van der Waals surface area contributed by atoms with Crippen molar-refractivity contribution in [1.29, 1.82) is 0 Å². The van der Waals surface area contributed by atoms with Gasteiger partial charge in [-0.2, -0.15) is 0 Å². The molecule has 0 heterocycles. The smallest absolute Gasteiger partial charge is 0.192 e. The van der Waals surface area contributed by atoms with Crippen molar-refractivity contribution in [3.05, 3.63) is 72.3 Å². The number of rotatable bonds is 4. The van der Waals surface area contributed by atoms with Gasteiger partial charge in [0.15, 0.2) is 9.76 Å². The van der Waals surface area contributed by atoms with Gasteiger partial charge in [-0.1, -0.05) is 61.2 Å². The summed E-state index contributed by atoms with van der Waals surface area (Å²) in [6.45, 7) is 10.5. The molecule has 0 bridgehead atoms. The van der Waals surface area contributed by atoms with Crippen molar-refractivity contribution in [2.45, 2.75) is 26.4 Å². The zero-order valence-electron chi connectivity index (χ0n) is 12.5. The summed E-state index contributed by atoms with van der Waals surface area (Å²) in [5.41, 5.74) is 3.36. The van der Waals surface area contributed by atoms with E-state index in [9.17, 15) is 0 Å². The average molecular weight is 282 g/mol. The van der Waals surface area contributed by atoms with Crippen LogP contribution in [-0.4, -0.2) is 15.4 Å². The summed E-state index contributed by atoms with van der Waals surface area (Å²) in [6.07, 6.45) is 0. The predicted molar refractivity (Wildman–Crippen MR) is 90.0 cm³/mol. The summed E-state index contributed by atoms with van der Waals surface area (Å²) < 4.78 is 5.92. The molecule has 0 aromatic heterocycles. The van der Waals surface area contributed by atoms with Gasteiger partial charge in [0, 0.05) is 5.60 Å². The second-order valence-corrected chi connectivity index (χ2v) is 7.34. The molecule has 0 saturated carbocycles. The van der Waals surface area contributed by atoms with E-state index in [1.165, 1.54) is 16.3 Å². The highest BCUT2D eigenvalue weighted by Gasteiger charge is 2.10. The molecular weight excluding hydrogens is 260 g/mol. The van der Waals surface area contributed by atoms with Crippen LogP contribution in [-0.2, 0) is 4.43 Å². The Hall–Kier alpha value is -1.64. The molecule has 104 valence electrons. The minimum Gasteiger partial charge on any atom is -0.414 e. The monoisotopic (exact) mass is 282 g/mol. The van der Waals surface area contributed by atoms with Crippen LogP contribution in [0.25, 0.3) is 5.57 Å². The average Bonchev–Trinajstić information content (AvgIpc) is 2.45. The first-order chi connectivity index (χ1) is 9.46. The molecule has 0 atom stereocenters. The molecule has 0 spiro atoms. The number of hydrogen-bond acceptors (Lipinski definition) is 1. The lowest BCUT2D eigenvalue weighted by Crippen LogP contribution is -2.28. The Kier molecular flexibility index (Phi) is 4.58. The highest BCUT2D eigenvalue weighted by molar-refractivity contribution is 6.47. The fourth-order valence-electron chi connectivity index (χ4n) is 1.91. The van der Waals surface area contributed by atoms with Crippen LogP contribution in [0.2, 0.25) is 0 Å². The molecule has 2 aromatic carbocycles. The van der Waals surface area contributed by atoms with Crippen LogP contribution >= 0.6 is 0 Å². The lowest BCUT2D eigenvalue weighted by Gasteiger charge is -2.20. The highest BCUT2D eigenvalue weighted by Crippen LogP contribution is 2.20. The maximum atomic E-state index is 5.92. The number of hydrogen-bond donors (Lipinski definition) is 0. The largest absolute Gasteiger partial charge is 0.414 e. The van der Waals surface area contributed by atoms with E-state index in [-0.39, 0.29) is 5.60 Å². The summed E-state index contributed by atoms with van der Waals surface area (Å²) in [4.78, 5) is 0. The molecule has 1 nitrogen and oxygen atoms in total. The predicted octanol–water partition coefficient (Wildman–Crippen LogP) is 3.27. The van der Waals surface area contributed by atoms with Crippen LogP contribution in [0.1, 0.15) is 31.9 Å². The Morgan fingerprint density at radius 1 is 0.900 bits per heavy atom. The molecule has 2 rings (SSSR count). The van der Waals surface area contributed by atoms with Crippen LogP contribution in [0.4, 0.5) is 0 Å². The second-order valence-electron chi connectivity index (χ2n) is 5.94. The van der Waals surface area contributed by atoms with Gasteiger partial charge in [0.2, 0.25) is 0 Å². The molecule has 0 unspecified atom stereocenters. The van der Waals surface area contributed by atoms with Gasteiger partial charge >= 0.3 is 0 Å². The highest BCUT2D eigenvalue weighted by atomic mass is 28.2. The number of benzene rings is 2. The molecule has 0 aliphatic heterocycles. The first-order valence-corrected chi connectivity index (χ1v) is 8.22. The zero-order valence-corrected chi connectivity index (χ0v) is 13.9. The minimum absolute atomic E-state index is 0.0431. The molecular formula is C18H22OSi. The molecule has 0 fully saturated rings. The SMILES string of the molecule is C=C(c1ccccc1)c1ccc([SiH2]OC(C)(C)C)cc1. The van der Waals surface area contributed by atoms with Crippen LogP contribution in [0, 0.1) is 0 Å². The molecule has 0 radical (unpaired) electrons. The Labute approximate surface area is 124 Å². The third-order valence-corrected chi connectivity index (χ3v) is 4.91. The van der Waals surface area contributed by atoms with Crippen LogP contribution in [0.5, 0.6) is 0 Å². The van der Waals surface area contributed by atoms with Crippen molar-refractivity contribution < 1.29 is 4.43 Å². The molecule has 0 aliphatic carbocycles. The van der Waals surface area contributed by atoms with E-state index < -0.39 is 9.76 Å². The first kappa shape index (κ1) is 14.8. The lowest BCUT2D eigenvalue weighted by atomic mass is 10.00. The fraction of sp³-hybridized carbons (Fsp3) is 0.222. The van der Waals surface area contributed by atoms with Gasteiger partial charge in [0.25, 0.3) is 0 Å². The molecule has 20 heavy (non-hydrogen) atoms. The lowest BCUT2D eigenvalue weighted by molar-refractivity contribution is 0.142. The summed E-state index contributed by atoms with van der Waals surface area (Å²) in [5, 5.41) is 1.32. The maximum absolute atomic E-state index is 5.92. The molecule has 0 amide bonds. The van der Waals surface area contributed by atoms with Gasteiger partial charge in [0.1, 0.15) is 0 Å². The van der Waals surface area contributed by atoms with Crippen molar-refractivity contribution in [2.24, 2.45) is 0 Å². The molecule has 0 aliphatic rings. The molecule has 0 N–H and O–H groups in total. The van der Waals surface area contributed by atoms with Crippen LogP contribution < -0.4 is 5.19 Å². The maximum Gasteiger partial charge on any atom is 0.192 e. The van der Waals surface area contributed by atoms with Crippen molar-refractivity contribution in [2.75, 3.05) is 0 Å². The van der Waals surface area contributed by atoms with E-state index in [2.05, 4.69) is 63.7 Å². The van der Waals surface area contributed by atoms with E-state index in [0.29, 0.717) is 0 Å². The van der Waals surface area contributed by atoms with E-state index in [4.69, 9.17) is 4.43 Å². The van der Waals surface area contributed by atoms with Gasteiger partial charge in [-0.15, -0.1) is 0 Å². The van der Waals surface area contributed by atoms with Crippen molar-refractivity contribution in [3.63, 3.8) is 0 Å². The van der Waals surface area contributed by atoms with Gasteiger partial charge in [0.05, 0.1) is 0 Å². The third kappa shape index (κ3) is 4.19. The topological polar surface area (TPSA) is 9.23 Å². The standard InChI is InChI=1S/C18H22OSi/c1-14(15-8-6-5-7-9-15)16-10-12-17(13-11-16)20-19-18(2,3)4/h5-13H,1,20H2,2-4H3. The molecule has 2 heteroatoms. The zero-order chi connectivity index (χ0) is 14.6. The Balaban J connectivity index is 2.07.